The maximum Gasteiger partial charge on any atom is 0.377 e. The first-order valence-corrected chi connectivity index (χ1v) is 6.33. The number of hydrogen-bond donors (Lipinski definition) is 1. The van der Waals surface area contributed by atoms with E-state index in [-0.39, 0.29) is 12.6 Å². The predicted molar refractivity (Wildman–Crippen MR) is 62.6 cm³/mol. The number of ether oxygens (including phenoxy) is 2. The molecule has 1 saturated heterocycles. The first-order chi connectivity index (χ1) is 8.42. The van der Waals surface area contributed by atoms with E-state index in [1.807, 2.05) is 13.8 Å². The number of halogens is 2. The Bertz CT molecular complexity index is 272. The standard InChI is InChI=1S/C12H21F2NO3/c1-9(2)17-6-4-3-5-15-8-10-7-12(13,14)11(16)18-10/h9-10,15H,3-8H2,1-2H3. The van der Waals surface area contributed by atoms with Crippen LogP contribution in [0.1, 0.15) is 33.1 Å². The van der Waals surface area contributed by atoms with Crippen LogP contribution in [0.5, 0.6) is 0 Å². The van der Waals surface area contributed by atoms with Crippen LogP contribution in [0.2, 0.25) is 0 Å². The lowest BCUT2D eigenvalue weighted by Gasteiger charge is -2.10. The Labute approximate surface area is 106 Å². The molecule has 4 nitrogen and oxygen atoms in total. The van der Waals surface area contributed by atoms with Crippen LogP contribution in [0.4, 0.5) is 8.78 Å². The third-order valence-corrected chi connectivity index (χ3v) is 2.63. The van der Waals surface area contributed by atoms with E-state index in [9.17, 15) is 13.6 Å². The number of alkyl halides is 2. The lowest BCUT2D eigenvalue weighted by atomic mass is 10.2. The number of nitrogens with one attached hydrogen (secondary N) is 1. The Morgan fingerprint density at radius 1 is 1.50 bits per heavy atom. The molecule has 6 heteroatoms. The normalized spacial score (nSPS) is 22.5. The predicted octanol–water partition coefficient (Wildman–Crippen LogP) is 1.73. The average molecular weight is 265 g/mol. The molecule has 0 spiro atoms. The van der Waals surface area contributed by atoms with Crippen molar-refractivity contribution in [1.82, 2.24) is 5.32 Å². The molecule has 1 aliphatic heterocycles. The summed E-state index contributed by atoms with van der Waals surface area (Å²) in [5.41, 5.74) is 0. The van der Waals surface area contributed by atoms with Crippen LogP contribution in [0.3, 0.4) is 0 Å². The summed E-state index contributed by atoms with van der Waals surface area (Å²) in [7, 11) is 0. The lowest BCUT2D eigenvalue weighted by molar-refractivity contribution is -0.159. The quantitative estimate of drug-likeness (QED) is 0.536. The highest BCUT2D eigenvalue weighted by Gasteiger charge is 2.50. The molecule has 1 unspecified atom stereocenters. The van der Waals surface area contributed by atoms with Gasteiger partial charge in [-0.25, -0.2) is 4.79 Å². The monoisotopic (exact) mass is 265 g/mol. The average Bonchev–Trinajstić information content (AvgIpc) is 2.51. The molecule has 1 rings (SSSR count). The van der Waals surface area contributed by atoms with Crippen molar-refractivity contribution >= 4 is 5.97 Å². The lowest BCUT2D eigenvalue weighted by Crippen LogP contribution is -2.28. The highest BCUT2D eigenvalue weighted by Crippen LogP contribution is 2.30. The Hall–Kier alpha value is -0.750. The third kappa shape index (κ3) is 5.27. The van der Waals surface area contributed by atoms with Crippen LogP contribution in [0.25, 0.3) is 0 Å². The van der Waals surface area contributed by atoms with Crippen molar-refractivity contribution < 1.29 is 23.0 Å². The van der Waals surface area contributed by atoms with Crippen molar-refractivity contribution in [3.05, 3.63) is 0 Å². The summed E-state index contributed by atoms with van der Waals surface area (Å²) in [5.74, 6) is -4.71. The smallest absolute Gasteiger partial charge is 0.377 e. The summed E-state index contributed by atoms with van der Waals surface area (Å²) in [5, 5.41) is 3.01. The van der Waals surface area contributed by atoms with Crippen LogP contribution >= 0.6 is 0 Å². The second kappa shape index (κ2) is 6.99. The fraction of sp³-hybridized carbons (Fsp3) is 0.917. The van der Waals surface area contributed by atoms with Gasteiger partial charge in [0.15, 0.2) is 0 Å². The van der Waals surface area contributed by atoms with Crippen molar-refractivity contribution in [2.45, 2.75) is 51.2 Å². The Morgan fingerprint density at radius 3 is 2.78 bits per heavy atom. The molecular formula is C12H21F2NO3. The first kappa shape index (κ1) is 15.3. The van der Waals surface area contributed by atoms with Crippen molar-refractivity contribution in [3.63, 3.8) is 0 Å². The summed E-state index contributed by atoms with van der Waals surface area (Å²) in [6.45, 7) is 5.66. The van der Waals surface area contributed by atoms with Gasteiger partial charge >= 0.3 is 11.9 Å². The van der Waals surface area contributed by atoms with Crippen LogP contribution in [0.15, 0.2) is 0 Å². The van der Waals surface area contributed by atoms with Gasteiger partial charge in [0.05, 0.1) is 12.5 Å². The van der Waals surface area contributed by atoms with E-state index in [0.29, 0.717) is 13.2 Å². The molecule has 0 amide bonds. The fourth-order valence-corrected chi connectivity index (χ4v) is 1.70. The van der Waals surface area contributed by atoms with E-state index in [4.69, 9.17) is 4.74 Å². The SMILES string of the molecule is CC(C)OCCCCNCC1CC(F)(F)C(=O)O1. The van der Waals surface area contributed by atoms with Crippen molar-refractivity contribution in [2.24, 2.45) is 0 Å². The van der Waals surface area contributed by atoms with Crippen LogP contribution in [-0.2, 0) is 14.3 Å². The van der Waals surface area contributed by atoms with E-state index < -0.39 is 24.4 Å². The Morgan fingerprint density at radius 2 is 2.22 bits per heavy atom. The minimum absolute atomic E-state index is 0.234. The minimum Gasteiger partial charge on any atom is -0.456 e. The van der Waals surface area contributed by atoms with Gasteiger partial charge in [-0.1, -0.05) is 0 Å². The summed E-state index contributed by atoms with van der Waals surface area (Å²) >= 11 is 0. The Balaban J connectivity index is 1.98. The van der Waals surface area contributed by atoms with Crippen molar-refractivity contribution in [3.8, 4) is 0 Å². The fourth-order valence-electron chi connectivity index (χ4n) is 1.70. The largest absolute Gasteiger partial charge is 0.456 e. The molecule has 1 heterocycles. The highest BCUT2D eigenvalue weighted by molar-refractivity contribution is 5.79. The molecule has 1 fully saturated rings. The second-order valence-electron chi connectivity index (χ2n) is 4.77. The second-order valence-corrected chi connectivity index (χ2v) is 4.77. The molecular weight excluding hydrogens is 244 g/mol. The van der Waals surface area contributed by atoms with Gasteiger partial charge in [-0.05, 0) is 33.2 Å². The maximum atomic E-state index is 12.8. The van der Waals surface area contributed by atoms with E-state index in [1.165, 1.54) is 0 Å². The van der Waals surface area contributed by atoms with Gasteiger partial charge in [0.1, 0.15) is 6.10 Å². The van der Waals surface area contributed by atoms with E-state index in [2.05, 4.69) is 10.1 Å². The molecule has 0 aromatic rings. The highest BCUT2D eigenvalue weighted by atomic mass is 19.3. The van der Waals surface area contributed by atoms with Gasteiger partial charge in [0.2, 0.25) is 0 Å². The maximum absolute atomic E-state index is 12.8. The molecule has 0 saturated carbocycles. The van der Waals surface area contributed by atoms with Gasteiger partial charge in [-0.3, -0.25) is 0 Å². The summed E-state index contributed by atoms with van der Waals surface area (Å²) in [6, 6.07) is 0. The zero-order valence-corrected chi connectivity index (χ0v) is 10.9. The summed E-state index contributed by atoms with van der Waals surface area (Å²) in [6.07, 6.45) is 0.836. The number of esters is 1. The zero-order chi connectivity index (χ0) is 13.6. The van der Waals surface area contributed by atoms with Crippen LogP contribution in [-0.4, -0.2) is 43.8 Å². The summed E-state index contributed by atoms with van der Waals surface area (Å²) < 4.78 is 35.6. The van der Waals surface area contributed by atoms with Gasteiger partial charge in [-0.15, -0.1) is 0 Å². The minimum atomic E-state index is -3.31. The molecule has 1 N–H and O–H groups in total. The molecule has 106 valence electrons. The summed E-state index contributed by atoms with van der Waals surface area (Å²) in [4.78, 5) is 10.7. The van der Waals surface area contributed by atoms with E-state index in [1.54, 1.807) is 0 Å². The first-order valence-electron chi connectivity index (χ1n) is 6.33. The number of carbonyl (C=O) groups excluding carboxylic acids is 1. The van der Waals surface area contributed by atoms with Gasteiger partial charge < -0.3 is 14.8 Å². The number of carbonyl (C=O) groups is 1. The molecule has 0 aromatic heterocycles. The van der Waals surface area contributed by atoms with Gasteiger partial charge in [0, 0.05) is 13.2 Å². The van der Waals surface area contributed by atoms with Gasteiger partial charge in [0.25, 0.3) is 0 Å². The van der Waals surface area contributed by atoms with Crippen LogP contribution < -0.4 is 5.32 Å². The molecule has 0 aliphatic carbocycles. The Kier molecular flexibility index (Phi) is 5.95. The molecule has 1 aliphatic rings. The molecule has 0 radical (unpaired) electrons. The number of unbranched alkanes of at least 4 members (excludes halogenated alkanes) is 1. The topological polar surface area (TPSA) is 47.6 Å². The van der Waals surface area contributed by atoms with E-state index in [0.717, 1.165) is 12.8 Å². The van der Waals surface area contributed by atoms with E-state index >= 15 is 0 Å². The van der Waals surface area contributed by atoms with Crippen molar-refractivity contribution in [1.29, 1.82) is 0 Å². The molecule has 1 atom stereocenters. The van der Waals surface area contributed by atoms with Gasteiger partial charge in [-0.2, -0.15) is 8.78 Å². The number of cyclic esters (lactones) is 1. The molecule has 18 heavy (non-hydrogen) atoms. The zero-order valence-electron chi connectivity index (χ0n) is 10.9. The molecule has 0 bridgehead atoms. The molecule has 0 aromatic carbocycles. The third-order valence-electron chi connectivity index (χ3n) is 2.63. The van der Waals surface area contributed by atoms with Crippen molar-refractivity contribution in [2.75, 3.05) is 19.7 Å². The number of rotatable bonds is 8. The number of hydrogen-bond acceptors (Lipinski definition) is 4. The van der Waals surface area contributed by atoms with Crippen LogP contribution in [0, 0.1) is 0 Å².